The van der Waals surface area contributed by atoms with Crippen LogP contribution in [0.1, 0.15) is 23.2 Å². The highest BCUT2D eigenvalue weighted by molar-refractivity contribution is 5.94. The Labute approximate surface area is 130 Å². The largest absolute Gasteiger partial charge is 0.497 e. The van der Waals surface area contributed by atoms with Crippen LogP contribution in [0.3, 0.4) is 0 Å². The summed E-state index contributed by atoms with van der Waals surface area (Å²) in [7, 11) is 1.58. The van der Waals surface area contributed by atoms with Crippen molar-refractivity contribution >= 4 is 11.8 Å². The van der Waals surface area contributed by atoms with E-state index in [1.165, 1.54) is 0 Å². The molecule has 22 heavy (non-hydrogen) atoms. The number of hydrogen-bond donors (Lipinski definition) is 3. The first kappa shape index (κ1) is 16.3. The first-order valence-corrected chi connectivity index (χ1v) is 7.61. The molecule has 0 aromatic heterocycles. The SMILES string of the molecule is COc1ccc(C(=O)NCCNC(=O)C2CCNCC2)cc1. The standard InChI is InChI=1S/C16H23N3O3/c1-22-14-4-2-12(3-5-14)15(20)18-10-11-19-16(21)13-6-8-17-9-7-13/h2-5,13,17H,6-11H2,1H3,(H,18,20)(H,19,21). The normalized spacial score (nSPS) is 15.1. The Bertz CT molecular complexity index is 496. The van der Waals surface area contributed by atoms with E-state index < -0.39 is 0 Å². The van der Waals surface area contributed by atoms with Crippen molar-refractivity contribution in [3.05, 3.63) is 29.8 Å². The number of amides is 2. The van der Waals surface area contributed by atoms with Gasteiger partial charge < -0.3 is 20.7 Å². The molecule has 0 saturated carbocycles. The van der Waals surface area contributed by atoms with Gasteiger partial charge in [0.05, 0.1) is 7.11 Å². The van der Waals surface area contributed by atoms with E-state index in [9.17, 15) is 9.59 Å². The summed E-state index contributed by atoms with van der Waals surface area (Å²) in [5.41, 5.74) is 0.575. The average molecular weight is 305 g/mol. The van der Waals surface area contributed by atoms with Gasteiger partial charge in [-0.25, -0.2) is 0 Å². The number of ether oxygens (including phenoxy) is 1. The van der Waals surface area contributed by atoms with Crippen molar-refractivity contribution in [1.29, 1.82) is 0 Å². The van der Waals surface area contributed by atoms with Crippen molar-refractivity contribution in [2.75, 3.05) is 33.3 Å². The van der Waals surface area contributed by atoms with Gasteiger partial charge in [-0.2, -0.15) is 0 Å². The van der Waals surface area contributed by atoms with Crippen molar-refractivity contribution in [1.82, 2.24) is 16.0 Å². The van der Waals surface area contributed by atoms with Gasteiger partial charge >= 0.3 is 0 Å². The van der Waals surface area contributed by atoms with Crippen LogP contribution in [0.5, 0.6) is 5.75 Å². The minimum atomic E-state index is -0.154. The topological polar surface area (TPSA) is 79.5 Å². The van der Waals surface area contributed by atoms with Crippen molar-refractivity contribution in [2.24, 2.45) is 5.92 Å². The van der Waals surface area contributed by atoms with Crippen LogP contribution >= 0.6 is 0 Å². The molecule has 120 valence electrons. The highest BCUT2D eigenvalue weighted by Gasteiger charge is 2.20. The van der Waals surface area contributed by atoms with Crippen molar-refractivity contribution in [3.8, 4) is 5.75 Å². The zero-order valence-electron chi connectivity index (χ0n) is 12.9. The van der Waals surface area contributed by atoms with E-state index in [0.717, 1.165) is 25.9 Å². The van der Waals surface area contributed by atoms with Gasteiger partial charge in [0.2, 0.25) is 5.91 Å². The number of hydrogen-bond acceptors (Lipinski definition) is 4. The molecule has 0 atom stereocenters. The Kier molecular flexibility index (Phi) is 6.21. The number of piperidine rings is 1. The molecule has 0 aliphatic carbocycles. The second-order valence-electron chi connectivity index (χ2n) is 5.30. The molecular weight excluding hydrogens is 282 g/mol. The number of methoxy groups -OCH3 is 1. The fourth-order valence-electron chi connectivity index (χ4n) is 2.43. The number of carbonyl (C=O) groups excluding carboxylic acids is 2. The van der Waals surface area contributed by atoms with E-state index in [-0.39, 0.29) is 17.7 Å². The molecule has 2 amide bonds. The summed E-state index contributed by atoms with van der Waals surface area (Å²) in [6.07, 6.45) is 1.76. The van der Waals surface area contributed by atoms with Crippen LogP contribution in [-0.4, -0.2) is 45.1 Å². The third-order valence-corrected chi connectivity index (χ3v) is 3.77. The van der Waals surface area contributed by atoms with Crippen LogP contribution in [0, 0.1) is 5.92 Å². The number of carbonyl (C=O) groups is 2. The number of benzene rings is 1. The highest BCUT2D eigenvalue weighted by Crippen LogP contribution is 2.11. The summed E-state index contributed by atoms with van der Waals surface area (Å²) in [4.78, 5) is 23.8. The molecule has 2 rings (SSSR count). The fraction of sp³-hybridized carbons (Fsp3) is 0.500. The lowest BCUT2D eigenvalue weighted by atomic mass is 9.97. The molecule has 1 aromatic carbocycles. The first-order chi connectivity index (χ1) is 10.7. The quantitative estimate of drug-likeness (QED) is 0.670. The molecule has 1 fully saturated rings. The predicted octanol–water partition coefficient (Wildman–Crippen LogP) is 0.541. The molecule has 0 spiro atoms. The Balaban J connectivity index is 1.66. The minimum Gasteiger partial charge on any atom is -0.497 e. The fourth-order valence-corrected chi connectivity index (χ4v) is 2.43. The molecule has 1 aromatic rings. The third kappa shape index (κ3) is 4.73. The lowest BCUT2D eigenvalue weighted by Gasteiger charge is -2.21. The molecule has 1 heterocycles. The van der Waals surface area contributed by atoms with Gasteiger partial charge in [-0.1, -0.05) is 0 Å². The van der Waals surface area contributed by atoms with Crippen molar-refractivity contribution in [2.45, 2.75) is 12.8 Å². The van der Waals surface area contributed by atoms with Gasteiger partial charge in [0.25, 0.3) is 5.91 Å². The molecular formula is C16H23N3O3. The van der Waals surface area contributed by atoms with Gasteiger partial charge in [-0.3, -0.25) is 9.59 Å². The lowest BCUT2D eigenvalue weighted by molar-refractivity contribution is -0.125. The van der Waals surface area contributed by atoms with Crippen LogP contribution in [0.25, 0.3) is 0 Å². The Morgan fingerprint density at radius 1 is 1.14 bits per heavy atom. The molecule has 6 heteroatoms. The zero-order valence-corrected chi connectivity index (χ0v) is 12.9. The second kappa shape index (κ2) is 8.38. The zero-order chi connectivity index (χ0) is 15.8. The van der Waals surface area contributed by atoms with Crippen molar-refractivity contribution in [3.63, 3.8) is 0 Å². The Hall–Kier alpha value is -2.08. The highest BCUT2D eigenvalue weighted by atomic mass is 16.5. The van der Waals surface area contributed by atoms with E-state index in [0.29, 0.717) is 24.4 Å². The van der Waals surface area contributed by atoms with Gasteiger partial charge in [0.1, 0.15) is 5.75 Å². The summed E-state index contributed by atoms with van der Waals surface area (Å²) in [5, 5.41) is 8.90. The monoisotopic (exact) mass is 305 g/mol. The summed E-state index contributed by atoms with van der Waals surface area (Å²) in [5.74, 6) is 0.739. The molecule has 1 aliphatic heterocycles. The summed E-state index contributed by atoms with van der Waals surface area (Å²) in [6.45, 7) is 2.66. The average Bonchev–Trinajstić information content (AvgIpc) is 2.59. The number of rotatable bonds is 6. The smallest absolute Gasteiger partial charge is 0.251 e. The third-order valence-electron chi connectivity index (χ3n) is 3.77. The predicted molar refractivity (Wildman–Crippen MR) is 83.9 cm³/mol. The van der Waals surface area contributed by atoms with E-state index in [4.69, 9.17) is 4.74 Å². The summed E-state index contributed by atoms with van der Waals surface area (Å²) in [6, 6.07) is 6.91. The van der Waals surface area contributed by atoms with Crippen LogP contribution < -0.4 is 20.7 Å². The van der Waals surface area contributed by atoms with Gasteiger partial charge in [0.15, 0.2) is 0 Å². The molecule has 6 nitrogen and oxygen atoms in total. The van der Waals surface area contributed by atoms with E-state index in [2.05, 4.69) is 16.0 Å². The van der Waals surface area contributed by atoms with Crippen LogP contribution in [-0.2, 0) is 4.79 Å². The lowest BCUT2D eigenvalue weighted by Crippen LogP contribution is -2.41. The molecule has 0 bridgehead atoms. The van der Waals surface area contributed by atoms with E-state index in [1.54, 1.807) is 31.4 Å². The van der Waals surface area contributed by atoms with Gasteiger partial charge in [0, 0.05) is 24.6 Å². The minimum absolute atomic E-state index is 0.0835. The second-order valence-corrected chi connectivity index (χ2v) is 5.30. The molecule has 1 aliphatic rings. The number of nitrogens with one attached hydrogen (secondary N) is 3. The van der Waals surface area contributed by atoms with Gasteiger partial charge in [-0.05, 0) is 50.2 Å². The molecule has 0 radical (unpaired) electrons. The van der Waals surface area contributed by atoms with Crippen LogP contribution in [0.4, 0.5) is 0 Å². The van der Waals surface area contributed by atoms with Crippen molar-refractivity contribution < 1.29 is 14.3 Å². The Morgan fingerprint density at radius 2 is 1.77 bits per heavy atom. The Morgan fingerprint density at radius 3 is 2.41 bits per heavy atom. The van der Waals surface area contributed by atoms with Crippen LogP contribution in [0.2, 0.25) is 0 Å². The van der Waals surface area contributed by atoms with Gasteiger partial charge in [-0.15, -0.1) is 0 Å². The summed E-state index contributed by atoms with van der Waals surface area (Å²) >= 11 is 0. The maximum atomic E-state index is 11.9. The first-order valence-electron chi connectivity index (χ1n) is 7.61. The summed E-state index contributed by atoms with van der Waals surface area (Å²) < 4.78 is 5.05. The maximum absolute atomic E-state index is 11.9. The van der Waals surface area contributed by atoms with E-state index >= 15 is 0 Å². The van der Waals surface area contributed by atoms with Crippen LogP contribution in [0.15, 0.2) is 24.3 Å². The molecule has 3 N–H and O–H groups in total. The molecule has 1 saturated heterocycles. The maximum Gasteiger partial charge on any atom is 0.251 e. The van der Waals surface area contributed by atoms with E-state index in [1.807, 2.05) is 0 Å². The molecule has 0 unspecified atom stereocenters.